The zero-order valence-electron chi connectivity index (χ0n) is 10.1. The number of hydrogen-bond acceptors (Lipinski definition) is 4. The van der Waals surface area contributed by atoms with E-state index in [1.54, 1.807) is 0 Å². The highest BCUT2D eigenvalue weighted by atomic mass is 35.5. The molecule has 6 heteroatoms. The molecule has 1 atom stereocenters. The third-order valence-electron chi connectivity index (χ3n) is 3.28. The number of benzene rings is 1. The average Bonchev–Trinajstić information content (AvgIpc) is 2.69. The van der Waals surface area contributed by atoms with E-state index in [0.717, 1.165) is 10.8 Å². The molecule has 0 radical (unpaired) electrons. The fourth-order valence-electron chi connectivity index (χ4n) is 2.35. The molecule has 0 bridgehead atoms. The Hall–Kier alpha value is -1.33. The van der Waals surface area contributed by atoms with Crippen molar-refractivity contribution in [2.75, 3.05) is 16.8 Å². The Balaban J connectivity index is 1.90. The van der Waals surface area contributed by atoms with Gasteiger partial charge in [-0.3, -0.25) is 0 Å². The predicted molar refractivity (Wildman–Crippen MR) is 77.4 cm³/mol. The van der Waals surface area contributed by atoms with Crippen molar-refractivity contribution < 1.29 is 8.42 Å². The van der Waals surface area contributed by atoms with Crippen molar-refractivity contribution >= 4 is 38.0 Å². The van der Waals surface area contributed by atoms with E-state index < -0.39 is 9.84 Å². The molecule has 1 aliphatic rings. The normalized spacial score (nSPS) is 21.6. The molecular formula is C13H13ClN2O2S. The first-order chi connectivity index (χ1) is 9.03. The molecule has 0 aliphatic carbocycles. The SMILES string of the molecule is O=S1(=O)CC[C@@H](Nc2cc3ccccc3c(Cl)n2)C1. The first kappa shape index (κ1) is 12.7. The van der Waals surface area contributed by atoms with Crippen molar-refractivity contribution in [1.29, 1.82) is 0 Å². The van der Waals surface area contributed by atoms with Crippen LogP contribution in [0.4, 0.5) is 5.82 Å². The Bertz CT molecular complexity index is 731. The molecule has 0 unspecified atom stereocenters. The van der Waals surface area contributed by atoms with Crippen molar-refractivity contribution in [1.82, 2.24) is 4.98 Å². The second-order valence-electron chi connectivity index (χ2n) is 4.76. The Morgan fingerprint density at radius 2 is 2.11 bits per heavy atom. The molecule has 0 saturated carbocycles. The van der Waals surface area contributed by atoms with Crippen molar-refractivity contribution in [2.24, 2.45) is 0 Å². The number of aromatic nitrogens is 1. The van der Waals surface area contributed by atoms with Crippen LogP contribution >= 0.6 is 11.6 Å². The molecule has 4 nitrogen and oxygen atoms in total. The lowest BCUT2D eigenvalue weighted by molar-refractivity contribution is 0.602. The van der Waals surface area contributed by atoms with Crippen LogP contribution in [0.5, 0.6) is 0 Å². The lowest BCUT2D eigenvalue weighted by atomic mass is 10.2. The van der Waals surface area contributed by atoms with E-state index >= 15 is 0 Å². The summed E-state index contributed by atoms with van der Waals surface area (Å²) in [5, 5.41) is 5.48. The molecule has 2 aromatic rings. The minimum absolute atomic E-state index is 0.0743. The van der Waals surface area contributed by atoms with Crippen molar-refractivity contribution in [3.63, 3.8) is 0 Å². The minimum atomic E-state index is -2.89. The minimum Gasteiger partial charge on any atom is -0.366 e. The number of fused-ring (bicyclic) bond motifs is 1. The van der Waals surface area contributed by atoms with Crippen LogP contribution in [0.25, 0.3) is 10.8 Å². The third-order valence-corrected chi connectivity index (χ3v) is 5.33. The molecule has 1 aromatic carbocycles. The van der Waals surface area contributed by atoms with Crippen LogP contribution in [-0.4, -0.2) is 30.9 Å². The molecule has 100 valence electrons. The van der Waals surface area contributed by atoms with E-state index in [4.69, 9.17) is 11.6 Å². The van der Waals surface area contributed by atoms with E-state index in [1.165, 1.54) is 0 Å². The molecule has 1 fully saturated rings. The Morgan fingerprint density at radius 3 is 2.84 bits per heavy atom. The average molecular weight is 297 g/mol. The summed E-state index contributed by atoms with van der Waals surface area (Å²) in [5.41, 5.74) is 0. The number of rotatable bonds is 2. The summed E-state index contributed by atoms with van der Waals surface area (Å²) in [4.78, 5) is 4.27. The predicted octanol–water partition coefficient (Wildman–Crippen LogP) is 2.49. The van der Waals surface area contributed by atoms with Crippen LogP contribution in [0, 0.1) is 0 Å². The van der Waals surface area contributed by atoms with Crippen molar-refractivity contribution in [3.05, 3.63) is 35.5 Å². The summed E-state index contributed by atoms with van der Waals surface area (Å²) in [5.74, 6) is 1.04. The van der Waals surface area contributed by atoms with Crippen LogP contribution in [-0.2, 0) is 9.84 Å². The van der Waals surface area contributed by atoms with Gasteiger partial charge >= 0.3 is 0 Å². The zero-order chi connectivity index (χ0) is 13.5. The number of halogens is 1. The topological polar surface area (TPSA) is 59.1 Å². The highest BCUT2D eigenvalue weighted by Crippen LogP contribution is 2.25. The molecule has 1 aliphatic heterocycles. The van der Waals surface area contributed by atoms with Gasteiger partial charge in [-0.05, 0) is 17.9 Å². The number of hydrogen-bond donors (Lipinski definition) is 1. The maximum atomic E-state index is 11.4. The second-order valence-corrected chi connectivity index (χ2v) is 7.35. The van der Waals surface area contributed by atoms with E-state index in [0.29, 0.717) is 17.4 Å². The number of nitrogens with one attached hydrogen (secondary N) is 1. The fourth-order valence-corrected chi connectivity index (χ4v) is 4.28. The van der Waals surface area contributed by atoms with E-state index in [9.17, 15) is 8.42 Å². The van der Waals surface area contributed by atoms with Gasteiger partial charge in [0, 0.05) is 11.4 Å². The lowest BCUT2D eigenvalue weighted by Gasteiger charge is -2.12. The van der Waals surface area contributed by atoms with Gasteiger partial charge in [-0.2, -0.15) is 0 Å². The number of nitrogens with zero attached hydrogens (tertiary/aromatic N) is 1. The summed E-state index contributed by atoms with van der Waals surface area (Å²) in [7, 11) is -2.89. The molecule has 0 amide bonds. The largest absolute Gasteiger partial charge is 0.366 e. The summed E-state index contributed by atoms with van der Waals surface area (Å²) in [6.45, 7) is 0. The summed E-state index contributed by atoms with van der Waals surface area (Å²) in [6, 6.07) is 9.53. The van der Waals surface area contributed by atoms with Crippen LogP contribution in [0.1, 0.15) is 6.42 Å². The van der Waals surface area contributed by atoms with Crippen LogP contribution in [0.15, 0.2) is 30.3 Å². The van der Waals surface area contributed by atoms with Gasteiger partial charge < -0.3 is 5.32 Å². The molecule has 0 spiro atoms. The van der Waals surface area contributed by atoms with Gasteiger partial charge in [0.15, 0.2) is 9.84 Å². The molecule has 3 rings (SSSR count). The van der Waals surface area contributed by atoms with Gasteiger partial charge in [0.25, 0.3) is 0 Å². The third kappa shape index (κ3) is 2.67. The molecule has 1 saturated heterocycles. The lowest BCUT2D eigenvalue weighted by Crippen LogP contribution is -2.21. The standard InChI is InChI=1S/C13H13ClN2O2S/c14-13-11-4-2-1-3-9(11)7-12(16-13)15-10-5-6-19(17,18)8-10/h1-4,7,10H,5-6,8H2,(H,15,16)/t10-/m1/s1. The van der Waals surface area contributed by atoms with E-state index in [-0.39, 0.29) is 17.5 Å². The zero-order valence-corrected chi connectivity index (χ0v) is 11.7. The highest BCUT2D eigenvalue weighted by Gasteiger charge is 2.28. The van der Waals surface area contributed by atoms with Crippen LogP contribution in [0.3, 0.4) is 0 Å². The van der Waals surface area contributed by atoms with E-state index in [1.807, 2.05) is 30.3 Å². The van der Waals surface area contributed by atoms with Gasteiger partial charge in [-0.25, -0.2) is 13.4 Å². The summed E-state index contributed by atoms with van der Waals surface area (Å²) < 4.78 is 22.8. The van der Waals surface area contributed by atoms with Gasteiger partial charge in [0.05, 0.1) is 11.5 Å². The van der Waals surface area contributed by atoms with Crippen molar-refractivity contribution in [2.45, 2.75) is 12.5 Å². The van der Waals surface area contributed by atoms with Gasteiger partial charge in [0.1, 0.15) is 11.0 Å². The van der Waals surface area contributed by atoms with Gasteiger partial charge in [0.2, 0.25) is 0 Å². The van der Waals surface area contributed by atoms with Gasteiger partial charge in [-0.15, -0.1) is 0 Å². The fraction of sp³-hybridized carbons (Fsp3) is 0.308. The summed E-state index contributed by atoms with van der Waals surface area (Å²) >= 11 is 6.13. The Labute approximate surface area is 116 Å². The van der Waals surface area contributed by atoms with E-state index in [2.05, 4.69) is 10.3 Å². The van der Waals surface area contributed by atoms with Crippen LogP contribution < -0.4 is 5.32 Å². The maximum Gasteiger partial charge on any atom is 0.152 e. The molecule has 1 aromatic heterocycles. The number of pyridine rings is 1. The molecular weight excluding hydrogens is 284 g/mol. The Morgan fingerprint density at radius 1 is 1.32 bits per heavy atom. The quantitative estimate of drug-likeness (QED) is 0.865. The molecule has 19 heavy (non-hydrogen) atoms. The van der Waals surface area contributed by atoms with Crippen molar-refractivity contribution in [3.8, 4) is 0 Å². The maximum absolute atomic E-state index is 11.4. The first-order valence-corrected chi connectivity index (χ1v) is 8.26. The molecule has 2 heterocycles. The number of anilines is 1. The first-order valence-electron chi connectivity index (χ1n) is 6.06. The second kappa shape index (κ2) is 4.65. The van der Waals surface area contributed by atoms with Crippen LogP contribution in [0.2, 0.25) is 5.15 Å². The summed E-state index contributed by atoms with van der Waals surface area (Å²) in [6.07, 6.45) is 0.620. The van der Waals surface area contributed by atoms with Gasteiger partial charge in [-0.1, -0.05) is 35.9 Å². The highest BCUT2D eigenvalue weighted by molar-refractivity contribution is 7.91. The number of sulfone groups is 1. The molecule has 1 N–H and O–H groups in total. The smallest absolute Gasteiger partial charge is 0.152 e. The monoisotopic (exact) mass is 296 g/mol. The Kier molecular flexibility index (Phi) is 3.11.